The zero-order chi connectivity index (χ0) is 12.1. The highest BCUT2D eigenvalue weighted by atomic mass is 16.5. The van der Waals surface area contributed by atoms with E-state index >= 15 is 0 Å². The molecule has 5 nitrogen and oxygen atoms in total. The minimum absolute atomic E-state index is 0.217. The Bertz CT molecular complexity index is 257. The van der Waals surface area contributed by atoms with Gasteiger partial charge in [-0.15, -0.1) is 0 Å². The Labute approximate surface area is 95.4 Å². The van der Waals surface area contributed by atoms with Crippen LogP contribution in [0.25, 0.3) is 0 Å². The second-order valence-corrected chi connectivity index (χ2v) is 4.09. The maximum absolute atomic E-state index is 11.6. The van der Waals surface area contributed by atoms with Gasteiger partial charge in [0.15, 0.2) is 0 Å². The molecule has 16 heavy (non-hydrogen) atoms. The van der Waals surface area contributed by atoms with Gasteiger partial charge in [-0.1, -0.05) is 0 Å². The molecule has 1 aliphatic heterocycles. The van der Waals surface area contributed by atoms with Crippen molar-refractivity contribution in [3.8, 4) is 0 Å². The Morgan fingerprint density at radius 1 is 1.44 bits per heavy atom. The topological polar surface area (TPSA) is 66.8 Å². The first-order valence-electron chi connectivity index (χ1n) is 5.70. The average molecular weight is 229 g/mol. The molecule has 0 aromatic rings. The van der Waals surface area contributed by atoms with Gasteiger partial charge in [-0.3, -0.25) is 4.79 Å². The van der Waals surface area contributed by atoms with Crippen LogP contribution in [0.5, 0.6) is 0 Å². The molecule has 0 aromatic carbocycles. The number of ether oxygens (including phenoxy) is 1. The molecular weight excluding hydrogens is 210 g/mol. The van der Waals surface area contributed by atoms with E-state index < -0.39 is 11.9 Å². The summed E-state index contributed by atoms with van der Waals surface area (Å²) in [7, 11) is 0. The summed E-state index contributed by atoms with van der Waals surface area (Å²) in [6, 6.07) is 0. The zero-order valence-electron chi connectivity index (χ0n) is 9.81. The van der Waals surface area contributed by atoms with E-state index in [1.54, 1.807) is 13.8 Å². The number of aliphatic hydroxyl groups is 1. The minimum Gasteiger partial charge on any atom is -0.459 e. The van der Waals surface area contributed by atoms with Crippen LogP contribution in [0.4, 0.5) is 0 Å². The first kappa shape index (κ1) is 13.0. The Hall–Kier alpha value is -1.10. The number of likely N-dealkylation sites (tertiary alicyclic amines) is 1. The number of amides is 1. The number of carbonyl (C=O) groups excluding carboxylic acids is 2. The fraction of sp³-hybridized carbons (Fsp3) is 0.818. The molecule has 1 unspecified atom stereocenters. The van der Waals surface area contributed by atoms with Crippen molar-refractivity contribution in [1.29, 1.82) is 0 Å². The molecule has 1 atom stereocenters. The Balaban J connectivity index is 2.41. The van der Waals surface area contributed by atoms with Crippen LogP contribution in [0.2, 0.25) is 0 Å². The van der Waals surface area contributed by atoms with Crippen LogP contribution in [0.3, 0.4) is 0 Å². The van der Waals surface area contributed by atoms with Crippen LogP contribution >= 0.6 is 0 Å². The van der Waals surface area contributed by atoms with Gasteiger partial charge in [0.25, 0.3) is 0 Å². The predicted molar refractivity (Wildman–Crippen MR) is 57.6 cm³/mol. The van der Waals surface area contributed by atoms with Crippen molar-refractivity contribution < 1.29 is 19.4 Å². The van der Waals surface area contributed by atoms with E-state index in [0.717, 1.165) is 12.8 Å². The Kier molecular flexibility index (Phi) is 4.73. The molecule has 1 heterocycles. The van der Waals surface area contributed by atoms with Gasteiger partial charge in [0.1, 0.15) is 0 Å². The molecule has 1 N–H and O–H groups in total. The molecule has 0 radical (unpaired) electrons. The summed E-state index contributed by atoms with van der Waals surface area (Å²) in [6.07, 6.45) is 1.13. The van der Waals surface area contributed by atoms with Gasteiger partial charge in [-0.25, -0.2) is 4.79 Å². The highest BCUT2D eigenvalue weighted by Crippen LogP contribution is 2.20. The van der Waals surface area contributed by atoms with Crippen LogP contribution in [-0.4, -0.2) is 47.7 Å². The monoisotopic (exact) mass is 229 g/mol. The molecule has 0 aromatic heterocycles. The molecular formula is C11H19NO4. The van der Waals surface area contributed by atoms with Gasteiger partial charge < -0.3 is 14.7 Å². The fourth-order valence-corrected chi connectivity index (χ4v) is 1.91. The molecule has 0 bridgehead atoms. The lowest BCUT2D eigenvalue weighted by Gasteiger charge is -2.32. The highest BCUT2D eigenvalue weighted by Gasteiger charge is 2.29. The van der Waals surface area contributed by atoms with Gasteiger partial charge in [0, 0.05) is 13.1 Å². The van der Waals surface area contributed by atoms with Gasteiger partial charge in [0.05, 0.1) is 12.7 Å². The first-order valence-corrected chi connectivity index (χ1v) is 5.70. The number of hydrogen-bond acceptors (Lipinski definition) is 4. The van der Waals surface area contributed by atoms with Gasteiger partial charge in [0.2, 0.25) is 0 Å². The van der Waals surface area contributed by atoms with Crippen LogP contribution < -0.4 is 0 Å². The fourth-order valence-electron chi connectivity index (χ4n) is 1.91. The normalized spacial score (nSPS) is 19.3. The van der Waals surface area contributed by atoms with E-state index in [-0.39, 0.29) is 18.6 Å². The van der Waals surface area contributed by atoms with E-state index in [9.17, 15) is 14.7 Å². The molecule has 1 aliphatic rings. The summed E-state index contributed by atoms with van der Waals surface area (Å²) in [5.41, 5.74) is 0. The molecule has 1 amide bonds. The molecule has 92 valence electrons. The summed E-state index contributed by atoms with van der Waals surface area (Å²) in [6.45, 7) is 4.69. The van der Waals surface area contributed by atoms with E-state index in [2.05, 4.69) is 4.74 Å². The lowest BCUT2D eigenvalue weighted by molar-refractivity contribution is -0.160. The molecule has 0 aliphatic carbocycles. The smallest absolute Gasteiger partial charge is 0.397 e. The number of rotatable bonds is 2. The number of esters is 1. The third-order valence-corrected chi connectivity index (χ3v) is 2.96. The Morgan fingerprint density at radius 3 is 2.44 bits per heavy atom. The maximum atomic E-state index is 11.6. The molecule has 1 saturated heterocycles. The maximum Gasteiger partial charge on any atom is 0.397 e. The molecule has 5 heteroatoms. The van der Waals surface area contributed by atoms with Crippen molar-refractivity contribution >= 4 is 11.9 Å². The van der Waals surface area contributed by atoms with Crippen LogP contribution in [-0.2, 0) is 14.3 Å². The summed E-state index contributed by atoms with van der Waals surface area (Å²) in [4.78, 5) is 24.2. The summed E-state index contributed by atoms with van der Waals surface area (Å²) >= 11 is 0. The standard InChI is InChI=1S/C11H19NO4/c1-3-16-11(15)10(14)12-6-4-9(5-7-12)8(2)13/h8-9,13H,3-7H2,1-2H3. The third kappa shape index (κ3) is 3.20. The average Bonchev–Trinajstić information content (AvgIpc) is 2.28. The zero-order valence-corrected chi connectivity index (χ0v) is 9.81. The SMILES string of the molecule is CCOC(=O)C(=O)N1CCC(C(C)O)CC1. The van der Waals surface area contributed by atoms with Crippen molar-refractivity contribution in [1.82, 2.24) is 4.90 Å². The second-order valence-electron chi connectivity index (χ2n) is 4.09. The molecule has 0 saturated carbocycles. The van der Waals surface area contributed by atoms with Crippen molar-refractivity contribution in [2.75, 3.05) is 19.7 Å². The van der Waals surface area contributed by atoms with Crippen molar-refractivity contribution in [2.45, 2.75) is 32.8 Å². The largest absolute Gasteiger partial charge is 0.459 e. The van der Waals surface area contributed by atoms with Crippen molar-refractivity contribution in [3.63, 3.8) is 0 Å². The van der Waals surface area contributed by atoms with Crippen molar-refractivity contribution in [3.05, 3.63) is 0 Å². The molecule has 0 spiro atoms. The van der Waals surface area contributed by atoms with Gasteiger partial charge >= 0.3 is 11.9 Å². The number of aliphatic hydroxyl groups excluding tert-OH is 1. The van der Waals surface area contributed by atoms with E-state index in [4.69, 9.17) is 0 Å². The molecule has 1 rings (SSSR count). The number of piperidine rings is 1. The van der Waals surface area contributed by atoms with Gasteiger partial charge in [-0.2, -0.15) is 0 Å². The summed E-state index contributed by atoms with van der Waals surface area (Å²) in [5, 5.41) is 9.40. The Morgan fingerprint density at radius 2 is 2.00 bits per heavy atom. The van der Waals surface area contributed by atoms with Crippen LogP contribution in [0.1, 0.15) is 26.7 Å². The van der Waals surface area contributed by atoms with Crippen LogP contribution in [0, 0.1) is 5.92 Å². The first-order chi connectivity index (χ1) is 7.56. The number of nitrogens with zero attached hydrogens (tertiary/aromatic N) is 1. The van der Waals surface area contributed by atoms with E-state index in [1.165, 1.54) is 4.90 Å². The van der Waals surface area contributed by atoms with Gasteiger partial charge in [-0.05, 0) is 32.6 Å². The number of carbonyl (C=O) groups is 2. The highest BCUT2D eigenvalue weighted by molar-refractivity contribution is 6.32. The van der Waals surface area contributed by atoms with Crippen molar-refractivity contribution in [2.24, 2.45) is 5.92 Å². The summed E-state index contributed by atoms with van der Waals surface area (Å²) in [5.74, 6) is -1.12. The van der Waals surface area contributed by atoms with E-state index in [1.807, 2.05) is 0 Å². The molecule has 1 fully saturated rings. The van der Waals surface area contributed by atoms with E-state index in [0.29, 0.717) is 13.1 Å². The number of hydrogen-bond donors (Lipinski definition) is 1. The predicted octanol–water partition coefficient (Wildman–Crippen LogP) is 0.169. The quantitative estimate of drug-likeness (QED) is 0.541. The lowest BCUT2D eigenvalue weighted by Crippen LogP contribution is -2.44. The third-order valence-electron chi connectivity index (χ3n) is 2.96. The summed E-state index contributed by atoms with van der Waals surface area (Å²) < 4.78 is 4.65. The van der Waals surface area contributed by atoms with Crippen LogP contribution in [0.15, 0.2) is 0 Å². The second kappa shape index (κ2) is 5.84. The minimum atomic E-state index is -0.780. The lowest BCUT2D eigenvalue weighted by atomic mass is 9.92.